The largest absolute Gasteiger partial charge is 0.480 e. The molecular weight excluding hydrogens is 494 g/mol. The predicted molar refractivity (Wildman–Crippen MR) is 146 cm³/mol. The lowest BCUT2D eigenvalue weighted by Gasteiger charge is -2.37. The fourth-order valence-electron chi connectivity index (χ4n) is 4.63. The normalized spacial score (nSPS) is 15.0. The number of amidine groups is 1. The number of nitrogen functional groups attached to an aromatic ring is 1. The van der Waals surface area contributed by atoms with Crippen molar-refractivity contribution in [3.05, 3.63) is 59.4 Å². The van der Waals surface area contributed by atoms with Gasteiger partial charge >= 0.3 is 5.97 Å². The molecule has 4 rings (SSSR count). The number of fused-ring (bicyclic) bond motifs is 1. The third-order valence-electron chi connectivity index (χ3n) is 6.86. The summed E-state index contributed by atoms with van der Waals surface area (Å²) < 4.78 is 1.99. The summed E-state index contributed by atoms with van der Waals surface area (Å²) in [5.41, 5.74) is 8.21. The Balaban J connectivity index is 0.00000380. The molecule has 3 aromatic rings. The highest BCUT2D eigenvalue weighted by atomic mass is 35.5. The van der Waals surface area contributed by atoms with Crippen LogP contribution in [0.5, 0.6) is 0 Å². The number of carbonyl (C=O) groups excluding carboxylic acids is 1. The van der Waals surface area contributed by atoms with Crippen molar-refractivity contribution in [1.29, 1.82) is 5.41 Å². The van der Waals surface area contributed by atoms with E-state index in [4.69, 9.17) is 16.1 Å². The molecule has 0 bridgehead atoms. The molecular formula is C26H34ClN7O3. The van der Waals surface area contributed by atoms with E-state index in [2.05, 4.69) is 10.6 Å². The molecule has 1 aliphatic heterocycles. The van der Waals surface area contributed by atoms with Gasteiger partial charge in [-0.15, -0.1) is 12.4 Å². The molecule has 1 fully saturated rings. The van der Waals surface area contributed by atoms with Gasteiger partial charge in [-0.1, -0.05) is 6.07 Å². The first-order valence-electron chi connectivity index (χ1n) is 12.1. The lowest BCUT2D eigenvalue weighted by Crippen LogP contribution is -2.55. The summed E-state index contributed by atoms with van der Waals surface area (Å²) in [6.45, 7) is 3.26. The number of anilines is 1. The number of aryl methyl sites for hydroxylation is 1. The number of nitrogens with zero attached hydrogens (tertiary/aromatic N) is 3. The third kappa shape index (κ3) is 6.03. The minimum absolute atomic E-state index is 0. The molecule has 1 aromatic heterocycles. The molecule has 1 saturated heterocycles. The van der Waals surface area contributed by atoms with Gasteiger partial charge in [0.05, 0.1) is 24.1 Å². The maximum Gasteiger partial charge on any atom is 0.317 e. The number of nitrogens with one attached hydrogen (secondary N) is 3. The Morgan fingerprint density at radius 3 is 2.43 bits per heavy atom. The molecule has 0 saturated carbocycles. The van der Waals surface area contributed by atoms with E-state index in [0.29, 0.717) is 30.8 Å². The van der Waals surface area contributed by atoms with Crippen molar-refractivity contribution >= 4 is 46.8 Å². The van der Waals surface area contributed by atoms with Gasteiger partial charge in [0.1, 0.15) is 17.2 Å². The van der Waals surface area contributed by atoms with E-state index in [9.17, 15) is 14.7 Å². The number of amides is 1. The zero-order chi connectivity index (χ0) is 25.9. The zero-order valence-corrected chi connectivity index (χ0v) is 21.9. The van der Waals surface area contributed by atoms with Gasteiger partial charge in [-0.05, 0) is 68.1 Å². The Bertz CT molecular complexity index is 1290. The number of aliphatic carboxylic acids is 1. The molecule has 10 nitrogen and oxygen atoms in total. The minimum atomic E-state index is -1.18. The second-order valence-corrected chi connectivity index (χ2v) is 9.36. The van der Waals surface area contributed by atoms with E-state index in [-0.39, 0.29) is 30.7 Å². The van der Waals surface area contributed by atoms with Crippen LogP contribution in [0.1, 0.15) is 43.1 Å². The second kappa shape index (κ2) is 11.6. The molecule has 0 aliphatic carbocycles. The van der Waals surface area contributed by atoms with Gasteiger partial charge in [-0.25, -0.2) is 4.98 Å². The van der Waals surface area contributed by atoms with E-state index in [1.807, 2.05) is 46.8 Å². The van der Waals surface area contributed by atoms with Crippen molar-refractivity contribution in [3.8, 4) is 0 Å². The van der Waals surface area contributed by atoms with Gasteiger partial charge in [-0.3, -0.25) is 20.3 Å². The standard InChI is InChI=1S/C26H33N7O3.ClH/c1-26(30-16-23(34)35,25(36)33-12-4-3-5-13-33)18-8-11-21-20(14-18)31-22(32(21)2)15-29-19-9-6-17(7-10-19)24(27)28;/h6-11,14,29-30H,3-5,12-13,15-16H2,1-2H3,(H3,27,28)(H,34,35);1H. The summed E-state index contributed by atoms with van der Waals surface area (Å²) in [5, 5.41) is 23.1. The van der Waals surface area contributed by atoms with Crippen LogP contribution in [0.25, 0.3) is 11.0 Å². The van der Waals surface area contributed by atoms with Gasteiger partial charge in [0.15, 0.2) is 0 Å². The van der Waals surface area contributed by atoms with Crippen LogP contribution in [0.4, 0.5) is 5.69 Å². The smallest absolute Gasteiger partial charge is 0.317 e. The van der Waals surface area contributed by atoms with Crippen molar-refractivity contribution in [2.75, 3.05) is 25.0 Å². The number of imidazole rings is 1. The Labute approximate surface area is 222 Å². The fourth-order valence-corrected chi connectivity index (χ4v) is 4.63. The van der Waals surface area contributed by atoms with Crippen molar-refractivity contribution in [2.45, 2.75) is 38.3 Å². The summed E-state index contributed by atoms with van der Waals surface area (Å²) >= 11 is 0. The summed E-state index contributed by atoms with van der Waals surface area (Å²) in [6.07, 6.45) is 3.00. The highest BCUT2D eigenvalue weighted by Gasteiger charge is 2.39. The molecule has 2 aromatic carbocycles. The van der Waals surface area contributed by atoms with Gasteiger partial charge in [-0.2, -0.15) is 0 Å². The van der Waals surface area contributed by atoms with Gasteiger partial charge in [0, 0.05) is 31.4 Å². The number of hydrogen-bond donors (Lipinski definition) is 5. The van der Waals surface area contributed by atoms with Crippen LogP contribution in [0.2, 0.25) is 0 Å². The van der Waals surface area contributed by atoms with E-state index in [0.717, 1.165) is 41.8 Å². The van der Waals surface area contributed by atoms with Crippen LogP contribution in [0.15, 0.2) is 42.5 Å². The number of benzene rings is 2. The van der Waals surface area contributed by atoms with Crippen LogP contribution in [0.3, 0.4) is 0 Å². The number of piperidine rings is 1. The van der Waals surface area contributed by atoms with E-state index >= 15 is 0 Å². The van der Waals surface area contributed by atoms with Crippen molar-refractivity contribution in [2.24, 2.45) is 12.8 Å². The maximum atomic E-state index is 13.6. The predicted octanol–water partition coefficient (Wildman–Crippen LogP) is 2.79. The molecule has 1 atom stereocenters. The molecule has 0 radical (unpaired) electrons. The lowest BCUT2D eigenvalue weighted by atomic mass is 9.89. The van der Waals surface area contributed by atoms with Crippen LogP contribution < -0.4 is 16.4 Å². The van der Waals surface area contributed by atoms with Crippen molar-refractivity contribution in [1.82, 2.24) is 19.8 Å². The van der Waals surface area contributed by atoms with Gasteiger partial charge < -0.3 is 25.6 Å². The van der Waals surface area contributed by atoms with Gasteiger partial charge in [0.2, 0.25) is 5.91 Å². The molecule has 0 spiro atoms. The molecule has 1 aliphatic rings. The van der Waals surface area contributed by atoms with Crippen molar-refractivity contribution in [3.63, 3.8) is 0 Å². The Morgan fingerprint density at radius 2 is 1.81 bits per heavy atom. The highest BCUT2D eigenvalue weighted by Crippen LogP contribution is 2.29. The average molecular weight is 528 g/mol. The number of carbonyl (C=O) groups is 2. The molecule has 37 heavy (non-hydrogen) atoms. The fraction of sp³-hybridized carbons (Fsp3) is 0.385. The summed E-state index contributed by atoms with van der Waals surface area (Å²) in [5.74, 6) is -0.303. The number of likely N-dealkylation sites (tertiary alicyclic amines) is 1. The van der Waals surface area contributed by atoms with E-state index < -0.39 is 11.5 Å². The van der Waals surface area contributed by atoms with Crippen LogP contribution in [-0.2, 0) is 28.7 Å². The maximum absolute atomic E-state index is 13.6. The molecule has 11 heteroatoms. The lowest BCUT2D eigenvalue weighted by molar-refractivity contribution is -0.141. The second-order valence-electron chi connectivity index (χ2n) is 9.36. The number of hydrogen-bond acceptors (Lipinski definition) is 6. The number of aromatic nitrogens is 2. The number of carboxylic acids is 1. The van der Waals surface area contributed by atoms with Crippen LogP contribution >= 0.6 is 12.4 Å². The van der Waals surface area contributed by atoms with Crippen LogP contribution in [-0.4, -0.2) is 56.9 Å². The quantitative estimate of drug-likeness (QED) is 0.212. The average Bonchev–Trinajstić information content (AvgIpc) is 3.21. The Hall–Kier alpha value is -3.63. The minimum Gasteiger partial charge on any atom is -0.480 e. The Morgan fingerprint density at radius 1 is 1.14 bits per heavy atom. The number of nitrogens with two attached hydrogens (primary N) is 1. The zero-order valence-electron chi connectivity index (χ0n) is 21.1. The van der Waals surface area contributed by atoms with Crippen molar-refractivity contribution < 1.29 is 14.7 Å². The number of carboxylic acid groups (broad SMARTS) is 1. The number of rotatable bonds is 9. The van der Waals surface area contributed by atoms with E-state index in [1.54, 1.807) is 19.1 Å². The van der Waals surface area contributed by atoms with E-state index in [1.165, 1.54) is 0 Å². The first-order valence-corrected chi connectivity index (χ1v) is 12.1. The third-order valence-corrected chi connectivity index (χ3v) is 6.86. The summed E-state index contributed by atoms with van der Waals surface area (Å²) in [4.78, 5) is 31.5. The Kier molecular flexibility index (Phi) is 8.77. The summed E-state index contributed by atoms with van der Waals surface area (Å²) in [6, 6.07) is 13.0. The summed E-state index contributed by atoms with van der Waals surface area (Å²) in [7, 11) is 1.94. The first-order chi connectivity index (χ1) is 17.2. The molecule has 1 unspecified atom stereocenters. The monoisotopic (exact) mass is 527 g/mol. The first kappa shape index (κ1) is 27.9. The number of halogens is 1. The van der Waals surface area contributed by atoms with Gasteiger partial charge in [0.25, 0.3) is 0 Å². The SMILES string of the molecule is Cl.Cn1c(CNc2ccc(C(=N)N)cc2)nc2cc(C(C)(NCC(=O)O)C(=O)N3CCCCC3)ccc21. The molecule has 1 amide bonds. The van der Waals surface area contributed by atoms with Crippen LogP contribution in [0, 0.1) is 5.41 Å². The molecule has 198 valence electrons. The highest BCUT2D eigenvalue weighted by molar-refractivity contribution is 5.95. The molecule has 6 N–H and O–H groups in total. The molecule has 2 heterocycles. The topological polar surface area (TPSA) is 149 Å².